The number of aromatic nitrogens is 2. The molecule has 0 aliphatic carbocycles. The molecule has 2 rings (SSSR count). The first-order valence-corrected chi connectivity index (χ1v) is 6.59. The van der Waals surface area contributed by atoms with Gasteiger partial charge in [-0.2, -0.15) is 0 Å². The fraction of sp³-hybridized carbons (Fsp3) is 0.273. The summed E-state index contributed by atoms with van der Waals surface area (Å²) < 4.78 is 6.67. The summed E-state index contributed by atoms with van der Waals surface area (Å²) in [6.45, 7) is 3.89. The topological polar surface area (TPSA) is 55.2 Å². The Morgan fingerprint density at radius 3 is 2.47 bits per heavy atom. The van der Waals surface area contributed by atoms with Gasteiger partial charge in [0.15, 0.2) is 0 Å². The maximum Gasteiger partial charge on any atom is 0.299 e. The zero-order valence-corrected chi connectivity index (χ0v) is 11.8. The SMILES string of the molecule is Cc1cc(Oc2nnc(CO)s2)cc(C)c1Br. The Hall–Kier alpha value is -0.980. The highest BCUT2D eigenvalue weighted by atomic mass is 79.9. The maximum absolute atomic E-state index is 8.89. The number of aryl methyl sites for hydroxylation is 2. The normalized spacial score (nSPS) is 10.6. The molecule has 0 fully saturated rings. The zero-order valence-electron chi connectivity index (χ0n) is 9.40. The van der Waals surface area contributed by atoms with Gasteiger partial charge < -0.3 is 9.84 Å². The molecule has 1 aromatic carbocycles. The Bertz CT molecular complexity index is 519. The molecular weight excluding hydrogens is 304 g/mol. The Labute approximate surface area is 111 Å². The van der Waals surface area contributed by atoms with Crippen LogP contribution in [0.1, 0.15) is 16.1 Å². The first-order valence-electron chi connectivity index (χ1n) is 4.98. The van der Waals surface area contributed by atoms with Crippen LogP contribution in [0.15, 0.2) is 16.6 Å². The molecule has 0 aliphatic heterocycles. The molecule has 1 N–H and O–H groups in total. The summed E-state index contributed by atoms with van der Waals surface area (Å²) in [5, 5.41) is 17.5. The van der Waals surface area contributed by atoms with Crippen molar-refractivity contribution in [3.8, 4) is 10.9 Å². The number of rotatable bonds is 3. The monoisotopic (exact) mass is 314 g/mol. The van der Waals surface area contributed by atoms with E-state index in [9.17, 15) is 0 Å². The largest absolute Gasteiger partial charge is 0.430 e. The highest BCUT2D eigenvalue weighted by Crippen LogP contribution is 2.30. The zero-order chi connectivity index (χ0) is 12.4. The van der Waals surface area contributed by atoms with Crippen molar-refractivity contribution in [3.05, 3.63) is 32.7 Å². The van der Waals surface area contributed by atoms with Crippen molar-refractivity contribution in [1.29, 1.82) is 0 Å². The van der Waals surface area contributed by atoms with Crippen LogP contribution in [-0.4, -0.2) is 15.3 Å². The predicted molar refractivity (Wildman–Crippen MR) is 69.5 cm³/mol. The first-order chi connectivity index (χ1) is 8.10. The van der Waals surface area contributed by atoms with E-state index < -0.39 is 0 Å². The van der Waals surface area contributed by atoms with E-state index in [0.717, 1.165) is 21.3 Å². The number of benzene rings is 1. The highest BCUT2D eigenvalue weighted by molar-refractivity contribution is 9.10. The molecule has 0 aliphatic rings. The summed E-state index contributed by atoms with van der Waals surface area (Å²) >= 11 is 4.74. The van der Waals surface area contributed by atoms with E-state index in [1.54, 1.807) is 0 Å². The van der Waals surface area contributed by atoms with Gasteiger partial charge in [-0.05, 0) is 37.1 Å². The fourth-order valence-electron chi connectivity index (χ4n) is 1.41. The van der Waals surface area contributed by atoms with E-state index in [2.05, 4.69) is 26.1 Å². The van der Waals surface area contributed by atoms with Gasteiger partial charge in [0.2, 0.25) is 0 Å². The molecule has 0 atom stereocenters. The van der Waals surface area contributed by atoms with E-state index in [4.69, 9.17) is 9.84 Å². The van der Waals surface area contributed by atoms with Crippen molar-refractivity contribution in [2.75, 3.05) is 0 Å². The van der Waals surface area contributed by atoms with Crippen LogP contribution < -0.4 is 4.74 Å². The third-order valence-electron chi connectivity index (χ3n) is 2.20. The standard InChI is InChI=1S/C11H11BrN2O2S/c1-6-3-8(4-7(2)10(6)12)16-11-14-13-9(5-15)17-11/h3-4,15H,5H2,1-2H3. The molecular formula is C11H11BrN2O2S. The number of hydrogen-bond donors (Lipinski definition) is 1. The summed E-state index contributed by atoms with van der Waals surface area (Å²) in [6.07, 6.45) is 0. The summed E-state index contributed by atoms with van der Waals surface area (Å²) in [5.41, 5.74) is 2.21. The van der Waals surface area contributed by atoms with Crippen molar-refractivity contribution in [1.82, 2.24) is 10.2 Å². The van der Waals surface area contributed by atoms with Crippen LogP contribution in [0.4, 0.5) is 0 Å². The van der Waals surface area contributed by atoms with Crippen LogP contribution in [0.3, 0.4) is 0 Å². The van der Waals surface area contributed by atoms with Crippen LogP contribution in [0.5, 0.6) is 10.9 Å². The number of aliphatic hydroxyl groups is 1. The lowest BCUT2D eigenvalue weighted by atomic mass is 10.1. The van der Waals surface area contributed by atoms with Gasteiger partial charge in [-0.15, -0.1) is 5.10 Å². The van der Waals surface area contributed by atoms with Crippen LogP contribution in [0.2, 0.25) is 0 Å². The molecule has 0 spiro atoms. The van der Waals surface area contributed by atoms with Gasteiger partial charge in [-0.3, -0.25) is 0 Å². The minimum Gasteiger partial charge on any atom is -0.430 e. The Morgan fingerprint density at radius 1 is 1.29 bits per heavy atom. The van der Waals surface area contributed by atoms with Crippen molar-refractivity contribution >= 4 is 27.3 Å². The van der Waals surface area contributed by atoms with Gasteiger partial charge >= 0.3 is 0 Å². The molecule has 4 nitrogen and oxygen atoms in total. The average molecular weight is 315 g/mol. The van der Waals surface area contributed by atoms with Gasteiger partial charge in [0.1, 0.15) is 10.8 Å². The summed E-state index contributed by atoms with van der Waals surface area (Å²) in [4.78, 5) is 0. The van der Waals surface area contributed by atoms with E-state index in [1.165, 1.54) is 11.3 Å². The van der Waals surface area contributed by atoms with Crippen molar-refractivity contribution in [3.63, 3.8) is 0 Å². The average Bonchev–Trinajstić information content (AvgIpc) is 2.73. The van der Waals surface area contributed by atoms with E-state index >= 15 is 0 Å². The maximum atomic E-state index is 8.89. The number of nitrogens with zero attached hydrogens (tertiary/aromatic N) is 2. The van der Waals surface area contributed by atoms with E-state index in [1.807, 2.05) is 26.0 Å². The van der Waals surface area contributed by atoms with E-state index in [-0.39, 0.29) is 6.61 Å². The molecule has 0 saturated heterocycles. The van der Waals surface area contributed by atoms with Gasteiger partial charge in [-0.25, -0.2) is 0 Å². The van der Waals surface area contributed by atoms with Crippen LogP contribution in [0, 0.1) is 13.8 Å². The lowest BCUT2D eigenvalue weighted by Crippen LogP contribution is -1.88. The summed E-state index contributed by atoms with van der Waals surface area (Å²) in [7, 11) is 0. The minimum atomic E-state index is -0.112. The molecule has 0 unspecified atom stereocenters. The Morgan fingerprint density at radius 2 is 1.94 bits per heavy atom. The van der Waals surface area contributed by atoms with Crippen LogP contribution in [-0.2, 0) is 6.61 Å². The number of ether oxygens (including phenoxy) is 1. The third-order valence-corrected chi connectivity index (χ3v) is 4.24. The fourth-order valence-corrected chi connectivity index (χ4v) is 2.21. The second-order valence-electron chi connectivity index (χ2n) is 3.59. The van der Waals surface area contributed by atoms with Crippen molar-refractivity contribution in [2.24, 2.45) is 0 Å². The van der Waals surface area contributed by atoms with Crippen LogP contribution in [0.25, 0.3) is 0 Å². The molecule has 0 saturated carbocycles. The predicted octanol–water partition coefficient (Wildman–Crippen LogP) is 3.20. The minimum absolute atomic E-state index is 0.112. The number of hydrogen-bond acceptors (Lipinski definition) is 5. The second-order valence-corrected chi connectivity index (χ2v) is 5.41. The van der Waals surface area contributed by atoms with Gasteiger partial charge in [-0.1, -0.05) is 32.4 Å². The van der Waals surface area contributed by atoms with Crippen molar-refractivity contribution < 1.29 is 9.84 Å². The Kier molecular flexibility index (Phi) is 3.76. The van der Waals surface area contributed by atoms with Gasteiger partial charge in [0.05, 0.1) is 6.61 Å². The lowest BCUT2D eigenvalue weighted by molar-refractivity contribution is 0.280. The van der Waals surface area contributed by atoms with E-state index in [0.29, 0.717) is 10.2 Å². The summed E-state index contributed by atoms with van der Waals surface area (Å²) in [5.74, 6) is 0.726. The molecule has 6 heteroatoms. The second kappa shape index (κ2) is 5.12. The van der Waals surface area contributed by atoms with Crippen molar-refractivity contribution in [2.45, 2.75) is 20.5 Å². The quantitative estimate of drug-likeness (QED) is 0.945. The molecule has 1 aromatic heterocycles. The molecule has 0 amide bonds. The molecule has 2 aromatic rings. The van der Waals surface area contributed by atoms with Gasteiger partial charge in [0, 0.05) is 4.47 Å². The lowest BCUT2D eigenvalue weighted by Gasteiger charge is -2.07. The summed E-state index contributed by atoms with van der Waals surface area (Å²) in [6, 6.07) is 3.86. The third kappa shape index (κ3) is 2.83. The van der Waals surface area contributed by atoms with Gasteiger partial charge in [0.25, 0.3) is 5.19 Å². The number of halogens is 1. The molecule has 0 bridgehead atoms. The Balaban J connectivity index is 2.24. The molecule has 90 valence electrons. The molecule has 1 heterocycles. The molecule has 0 radical (unpaired) electrons. The first kappa shape index (κ1) is 12.5. The van der Waals surface area contributed by atoms with Crippen LogP contribution >= 0.6 is 27.3 Å². The molecule has 17 heavy (non-hydrogen) atoms. The highest BCUT2D eigenvalue weighted by Gasteiger charge is 2.08. The number of aliphatic hydroxyl groups excluding tert-OH is 1. The smallest absolute Gasteiger partial charge is 0.299 e.